The Morgan fingerprint density at radius 1 is 1.28 bits per heavy atom. The lowest BCUT2D eigenvalue weighted by molar-refractivity contribution is -0.141. The summed E-state index contributed by atoms with van der Waals surface area (Å²) in [6.45, 7) is 5.39. The fourth-order valence-corrected chi connectivity index (χ4v) is 3.54. The van der Waals surface area contributed by atoms with E-state index in [1.54, 1.807) is 13.0 Å². The number of aliphatic imine (C=N–C) groups is 1. The summed E-state index contributed by atoms with van der Waals surface area (Å²) in [6, 6.07) is 4.62. The minimum absolute atomic E-state index is 0.0264. The number of aromatic nitrogens is 2. The fraction of sp³-hybridized carbons (Fsp3) is 0.421. The van der Waals surface area contributed by atoms with Gasteiger partial charge < -0.3 is 5.32 Å². The Hall–Kier alpha value is -2.06. The summed E-state index contributed by atoms with van der Waals surface area (Å²) in [4.78, 5) is 17.2. The highest BCUT2D eigenvalue weighted by molar-refractivity contribution is 6.42. The van der Waals surface area contributed by atoms with Crippen molar-refractivity contribution in [1.29, 1.82) is 0 Å². The van der Waals surface area contributed by atoms with E-state index in [1.807, 2.05) is 13.8 Å². The number of rotatable bonds is 4. The van der Waals surface area contributed by atoms with Gasteiger partial charge in [0.2, 0.25) is 5.91 Å². The predicted molar refractivity (Wildman–Crippen MR) is 106 cm³/mol. The number of carbonyl (C=O) groups is 1. The summed E-state index contributed by atoms with van der Waals surface area (Å²) in [7, 11) is 0. The van der Waals surface area contributed by atoms with Crippen LogP contribution < -0.4 is 5.32 Å². The summed E-state index contributed by atoms with van der Waals surface area (Å²) >= 11 is 12.1. The molecule has 0 saturated heterocycles. The van der Waals surface area contributed by atoms with E-state index in [9.17, 15) is 18.0 Å². The van der Waals surface area contributed by atoms with E-state index in [0.29, 0.717) is 22.7 Å². The van der Waals surface area contributed by atoms with Crippen molar-refractivity contribution in [2.45, 2.75) is 45.5 Å². The van der Waals surface area contributed by atoms with Crippen LogP contribution in [0.4, 0.5) is 19.0 Å². The van der Waals surface area contributed by atoms with E-state index in [1.165, 1.54) is 12.1 Å². The third kappa shape index (κ3) is 4.28. The number of benzene rings is 1. The van der Waals surface area contributed by atoms with Gasteiger partial charge in [0.1, 0.15) is 5.92 Å². The largest absolute Gasteiger partial charge is 0.435 e. The molecule has 2 aromatic rings. The minimum atomic E-state index is -4.63. The molecule has 3 unspecified atom stereocenters. The van der Waals surface area contributed by atoms with E-state index in [4.69, 9.17) is 23.2 Å². The Morgan fingerprint density at radius 2 is 1.97 bits per heavy atom. The molecule has 10 heteroatoms. The minimum Gasteiger partial charge on any atom is -0.353 e. The molecule has 0 aliphatic carbocycles. The SMILES string of the molecule is CCC(C)NC(=O)C1C(C)=Nc2cc(C(F)(F)F)nn2C1c1ccc(Cl)c(Cl)c1. The molecule has 1 aromatic heterocycles. The summed E-state index contributed by atoms with van der Waals surface area (Å²) in [5.74, 6) is -1.17. The first-order valence-electron chi connectivity index (χ1n) is 9.00. The molecule has 1 aliphatic heterocycles. The molecule has 1 aromatic carbocycles. The lowest BCUT2D eigenvalue weighted by atomic mass is 9.87. The number of nitrogens with one attached hydrogen (secondary N) is 1. The predicted octanol–water partition coefficient (Wildman–Crippen LogP) is 5.44. The van der Waals surface area contributed by atoms with Crippen molar-refractivity contribution in [2.24, 2.45) is 10.9 Å². The lowest BCUT2D eigenvalue weighted by Crippen LogP contribution is -2.45. The Balaban J connectivity index is 2.16. The number of nitrogens with zero attached hydrogens (tertiary/aromatic N) is 3. The third-order valence-electron chi connectivity index (χ3n) is 4.90. The second-order valence-electron chi connectivity index (χ2n) is 7.00. The summed E-state index contributed by atoms with van der Waals surface area (Å²) in [5.41, 5.74) is -0.170. The zero-order valence-electron chi connectivity index (χ0n) is 15.9. The molecule has 3 rings (SSSR count). The fourth-order valence-electron chi connectivity index (χ4n) is 3.23. The van der Waals surface area contributed by atoms with Crippen LogP contribution in [0.2, 0.25) is 10.0 Å². The highest BCUT2D eigenvalue weighted by Crippen LogP contribution is 2.41. The number of hydrogen-bond acceptors (Lipinski definition) is 3. The number of carbonyl (C=O) groups excluding carboxylic acids is 1. The van der Waals surface area contributed by atoms with E-state index in [2.05, 4.69) is 15.4 Å². The number of alkyl halides is 3. The molecule has 1 N–H and O–H groups in total. The summed E-state index contributed by atoms with van der Waals surface area (Å²) in [6.07, 6.45) is -3.93. The van der Waals surface area contributed by atoms with Crippen LogP contribution in [0, 0.1) is 5.92 Å². The second kappa shape index (κ2) is 7.99. The van der Waals surface area contributed by atoms with Gasteiger partial charge in [-0.2, -0.15) is 18.3 Å². The lowest BCUT2D eigenvalue weighted by Gasteiger charge is -2.32. The van der Waals surface area contributed by atoms with Crippen molar-refractivity contribution in [1.82, 2.24) is 15.1 Å². The van der Waals surface area contributed by atoms with Gasteiger partial charge in [-0.1, -0.05) is 36.2 Å². The highest BCUT2D eigenvalue weighted by Gasteiger charge is 2.42. The van der Waals surface area contributed by atoms with Crippen LogP contribution >= 0.6 is 23.2 Å². The molecular weight excluding hydrogens is 428 g/mol. The summed E-state index contributed by atoms with van der Waals surface area (Å²) in [5, 5.41) is 7.14. The van der Waals surface area contributed by atoms with Crippen LogP contribution in [0.3, 0.4) is 0 Å². The smallest absolute Gasteiger partial charge is 0.353 e. The van der Waals surface area contributed by atoms with Gasteiger partial charge in [-0.05, 0) is 38.0 Å². The second-order valence-corrected chi connectivity index (χ2v) is 7.81. The van der Waals surface area contributed by atoms with Gasteiger partial charge in [0.05, 0.1) is 16.1 Å². The van der Waals surface area contributed by atoms with Gasteiger partial charge in [-0.15, -0.1) is 0 Å². The van der Waals surface area contributed by atoms with Gasteiger partial charge in [-0.3, -0.25) is 4.79 Å². The molecule has 3 atom stereocenters. The molecule has 0 radical (unpaired) electrons. The van der Waals surface area contributed by atoms with E-state index in [0.717, 1.165) is 10.7 Å². The average molecular weight is 447 g/mol. The maximum Gasteiger partial charge on any atom is 0.435 e. The summed E-state index contributed by atoms with van der Waals surface area (Å²) < 4.78 is 40.9. The van der Waals surface area contributed by atoms with Gasteiger partial charge in [-0.25, -0.2) is 9.67 Å². The third-order valence-corrected chi connectivity index (χ3v) is 5.63. The Morgan fingerprint density at radius 3 is 2.55 bits per heavy atom. The number of amides is 1. The molecule has 156 valence electrons. The van der Waals surface area contributed by atoms with E-state index < -0.39 is 23.8 Å². The molecule has 1 aliphatic rings. The van der Waals surface area contributed by atoms with Crippen molar-refractivity contribution >= 4 is 40.6 Å². The first kappa shape index (κ1) is 21.6. The van der Waals surface area contributed by atoms with Crippen molar-refractivity contribution < 1.29 is 18.0 Å². The Bertz CT molecular complexity index is 971. The van der Waals surface area contributed by atoms with Gasteiger partial charge in [0, 0.05) is 17.8 Å². The first-order chi connectivity index (χ1) is 13.5. The maximum atomic E-state index is 13.2. The molecule has 2 heterocycles. The van der Waals surface area contributed by atoms with Gasteiger partial charge in [0.25, 0.3) is 0 Å². The topological polar surface area (TPSA) is 59.3 Å². The van der Waals surface area contributed by atoms with Crippen LogP contribution in [-0.4, -0.2) is 27.4 Å². The standard InChI is InChI=1S/C19H19Cl2F3N4O/c1-4-9(2)25-18(29)16-10(3)26-15-8-14(19(22,23)24)27-28(15)17(16)11-5-6-12(20)13(21)7-11/h5-9,16-17H,4H2,1-3H3,(H,25,29). The zero-order valence-corrected chi connectivity index (χ0v) is 17.4. The highest BCUT2D eigenvalue weighted by atomic mass is 35.5. The van der Waals surface area contributed by atoms with Crippen molar-refractivity contribution in [3.8, 4) is 0 Å². The van der Waals surface area contributed by atoms with Crippen molar-refractivity contribution in [3.63, 3.8) is 0 Å². The Labute approximate surface area is 175 Å². The Kier molecular flexibility index (Phi) is 5.96. The van der Waals surface area contributed by atoms with Crippen LogP contribution in [0.15, 0.2) is 29.3 Å². The molecule has 29 heavy (non-hydrogen) atoms. The van der Waals surface area contributed by atoms with Gasteiger partial charge in [0.15, 0.2) is 11.5 Å². The molecule has 0 bridgehead atoms. The number of hydrogen-bond donors (Lipinski definition) is 1. The molecule has 0 saturated carbocycles. The maximum absolute atomic E-state index is 13.2. The normalized spacial score (nSPS) is 20.1. The van der Waals surface area contributed by atoms with Crippen LogP contribution in [-0.2, 0) is 11.0 Å². The van der Waals surface area contributed by atoms with Crippen LogP contribution in [0.25, 0.3) is 0 Å². The van der Waals surface area contributed by atoms with Crippen molar-refractivity contribution in [2.75, 3.05) is 0 Å². The van der Waals surface area contributed by atoms with E-state index >= 15 is 0 Å². The number of halogens is 5. The first-order valence-corrected chi connectivity index (χ1v) is 9.75. The molecule has 5 nitrogen and oxygen atoms in total. The van der Waals surface area contributed by atoms with Crippen LogP contribution in [0.5, 0.6) is 0 Å². The zero-order chi connectivity index (χ0) is 21.5. The molecule has 0 spiro atoms. The molecular formula is C19H19Cl2F3N4O. The number of fused-ring (bicyclic) bond motifs is 1. The van der Waals surface area contributed by atoms with Gasteiger partial charge >= 0.3 is 6.18 Å². The quantitative estimate of drug-likeness (QED) is 0.679. The van der Waals surface area contributed by atoms with E-state index in [-0.39, 0.29) is 22.8 Å². The van der Waals surface area contributed by atoms with Crippen molar-refractivity contribution in [3.05, 3.63) is 45.6 Å². The molecule has 0 fully saturated rings. The van der Waals surface area contributed by atoms with Crippen LogP contribution in [0.1, 0.15) is 44.5 Å². The molecule has 1 amide bonds. The average Bonchev–Trinajstić information content (AvgIpc) is 3.06. The monoisotopic (exact) mass is 446 g/mol.